The minimum atomic E-state index is -3.54. The van der Waals surface area contributed by atoms with Crippen molar-refractivity contribution in [1.29, 1.82) is 0 Å². The summed E-state index contributed by atoms with van der Waals surface area (Å²) in [6.07, 6.45) is 0.632. The Bertz CT molecular complexity index is 634. The van der Waals surface area contributed by atoms with Crippen molar-refractivity contribution in [1.82, 2.24) is 9.62 Å². The number of halogens is 2. The Morgan fingerprint density at radius 3 is 2.70 bits per heavy atom. The Hall–Kier alpha value is -0.440. The van der Waals surface area contributed by atoms with Crippen molar-refractivity contribution >= 4 is 47.8 Å². The van der Waals surface area contributed by atoms with Gasteiger partial charge in [-0.05, 0) is 40.5 Å². The summed E-state index contributed by atoms with van der Waals surface area (Å²) in [5.41, 5.74) is 0. The monoisotopic (exact) mass is 424 g/mol. The van der Waals surface area contributed by atoms with Gasteiger partial charge in [-0.15, -0.1) is 0 Å². The van der Waals surface area contributed by atoms with Crippen LogP contribution in [0, 0.1) is 0 Å². The Labute approximate surface area is 135 Å². The molecule has 0 bridgehead atoms. The van der Waals surface area contributed by atoms with Crippen molar-refractivity contribution in [3.63, 3.8) is 0 Å². The minimum absolute atomic E-state index is 0.114. The molecule has 110 valence electrons. The van der Waals surface area contributed by atoms with Crippen LogP contribution >= 0.6 is 31.9 Å². The van der Waals surface area contributed by atoms with Crippen LogP contribution in [0.2, 0.25) is 0 Å². The van der Waals surface area contributed by atoms with E-state index in [0.29, 0.717) is 24.0 Å². The van der Waals surface area contributed by atoms with Gasteiger partial charge >= 0.3 is 0 Å². The molecule has 20 heavy (non-hydrogen) atoms. The molecule has 1 N–H and O–H groups in total. The van der Waals surface area contributed by atoms with Crippen LogP contribution in [-0.4, -0.2) is 37.8 Å². The second kappa shape index (κ2) is 6.13. The second-order valence-corrected chi connectivity index (χ2v) is 8.30. The van der Waals surface area contributed by atoms with Gasteiger partial charge in [0.15, 0.2) is 0 Å². The summed E-state index contributed by atoms with van der Waals surface area (Å²) >= 11 is 6.58. The van der Waals surface area contributed by atoms with Crippen molar-refractivity contribution in [2.75, 3.05) is 13.1 Å². The summed E-state index contributed by atoms with van der Waals surface area (Å²) in [5.74, 6) is -0.140. The van der Waals surface area contributed by atoms with E-state index in [1.54, 1.807) is 18.2 Å². The third kappa shape index (κ3) is 3.41. The second-order valence-electron chi connectivity index (χ2n) is 4.62. The van der Waals surface area contributed by atoms with Gasteiger partial charge in [0, 0.05) is 35.0 Å². The van der Waals surface area contributed by atoms with E-state index in [2.05, 4.69) is 37.2 Å². The maximum Gasteiger partial charge on any atom is 0.244 e. The molecule has 1 atom stereocenters. The number of hydrogen-bond donors (Lipinski definition) is 1. The largest absolute Gasteiger partial charge is 0.352 e. The van der Waals surface area contributed by atoms with Crippen LogP contribution in [-0.2, 0) is 14.8 Å². The fourth-order valence-corrected chi connectivity index (χ4v) is 5.38. The maximum absolute atomic E-state index is 12.6. The van der Waals surface area contributed by atoms with Gasteiger partial charge in [0.05, 0.1) is 4.90 Å². The maximum atomic E-state index is 12.6. The van der Waals surface area contributed by atoms with E-state index < -0.39 is 10.0 Å². The summed E-state index contributed by atoms with van der Waals surface area (Å²) in [6.45, 7) is 2.16. The highest BCUT2D eigenvalue weighted by Crippen LogP contribution is 2.29. The van der Waals surface area contributed by atoms with Crippen LogP contribution in [0.1, 0.15) is 13.3 Å². The van der Waals surface area contributed by atoms with Gasteiger partial charge in [-0.1, -0.05) is 15.9 Å². The summed E-state index contributed by atoms with van der Waals surface area (Å²) in [4.78, 5) is 11.3. The van der Waals surface area contributed by atoms with Gasteiger partial charge in [0.25, 0.3) is 0 Å². The highest BCUT2D eigenvalue weighted by atomic mass is 79.9. The SMILES string of the molecule is CC(=O)NC1CCN(S(=O)(=O)c2ccc(Br)cc2Br)C1. The van der Waals surface area contributed by atoms with Gasteiger partial charge in [-0.25, -0.2) is 8.42 Å². The molecule has 1 aliphatic heterocycles. The number of rotatable bonds is 3. The zero-order chi connectivity index (χ0) is 14.9. The van der Waals surface area contributed by atoms with Crippen molar-refractivity contribution in [2.24, 2.45) is 0 Å². The Morgan fingerprint density at radius 1 is 1.40 bits per heavy atom. The van der Waals surface area contributed by atoms with E-state index in [-0.39, 0.29) is 16.8 Å². The Morgan fingerprint density at radius 2 is 2.10 bits per heavy atom. The lowest BCUT2D eigenvalue weighted by Crippen LogP contribution is -2.37. The van der Waals surface area contributed by atoms with E-state index in [1.807, 2.05) is 0 Å². The van der Waals surface area contributed by atoms with E-state index >= 15 is 0 Å². The lowest BCUT2D eigenvalue weighted by molar-refractivity contribution is -0.119. The molecule has 0 aliphatic carbocycles. The molecule has 1 fully saturated rings. The highest BCUT2D eigenvalue weighted by molar-refractivity contribution is 9.11. The van der Waals surface area contributed by atoms with Gasteiger partial charge in [-0.3, -0.25) is 4.79 Å². The number of nitrogens with one attached hydrogen (secondary N) is 1. The zero-order valence-electron chi connectivity index (χ0n) is 10.8. The molecule has 0 spiro atoms. The Balaban J connectivity index is 2.21. The highest BCUT2D eigenvalue weighted by Gasteiger charge is 2.33. The summed E-state index contributed by atoms with van der Waals surface area (Å²) < 4.78 is 27.9. The third-order valence-corrected chi connectivity index (χ3v) is 6.41. The molecular formula is C12H14Br2N2O3S. The topological polar surface area (TPSA) is 66.5 Å². The number of benzene rings is 1. The van der Waals surface area contributed by atoms with Crippen LogP contribution in [0.15, 0.2) is 32.0 Å². The number of nitrogens with zero attached hydrogens (tertiary/aromatic N) is 1. The summed E-state index contributed by atoms with van der Waals surface area (Å²) in [6, 6.07) is 4.85. The minimum Gasteiger partial charge on any atom is -0.352 e. The molecule has 2 rings (SSSR count). The normalized spacial score (nSPS) is 20.1. The lowest BCUT2D eigenvalue weighted by atomic mass is 10.3. The molecule has 0 saturated carbocycles. The predicted octanol–water partition coefficient (Wildman–Crippen LogP) is 2.11. The molecule has 1 aliphatic rings. The van der Waals surface area contributed by atoms with Crippen molar-refractivity contribution < 1.29 is 13.2 Å². The molecule has 0 radical (unpaired) electrons. The molecular weight excluding hydrogens is 412 g/mol. The van der Waals surface area contributed by atoms with Crippen molar-refractivity contribution in [3.8, 4) is 0 Å². The number of amides is 1. The zero-order valence-corrected chi connectivity index (χ0v) is 14.8. The number of hydrogen-bond acceptors (Lipinski definition) is 3. The average Bonchev–Trinajstić information content (AvgIpc) is 2.76. The molecule has 1 aromatic carbocycles. The first-order valence-corrected chi connectivity index (χ1v) is 9.05. The fourth-order valence-electron chi connectivity index (χ4n) is 2.18. The molecule has 5 nitrogen and oxygen atoms in total. The number of sulfonamides is 1. The van der Waals surface area contributed by atoms with Gasteiger partial charge in [0.2, 0.25) is 15.9 Å². The molecule has 1 unspecified atom stereocenters. The molecule has 8 heteroatoms. The van der Waals surface area contributed by atoms with Crippen molar-refractivity contribution in [3.05, 3.63) is 27.1 Å². The number of carbonyl (C=O) groups excluding carboxylic acids is 1. The number of carbonyl (C=O) groups is 1. The molecule has 1 saturated heterocycles. The first-order chi connectivity index (χ1) is 9.30. The van der Waals surface area contributed by atoms with E-state index in [9.17, 15) is 13.2 Å². The van der Waals surface area contributed by atoms with Crippen LogP contribution < -0.4 is 5.32 Å². The first-order valence-electron chi connectivity index (χ1n) is 6.03. The lowest BCUT2D eigenvalue weighted by Gasteiger charge is -2.18. The van der Waals surface area contributed by atoms with Gasteiger partial charge in [-0.2, -0.15) is 4.31 Å². The van der Waals surface area contributed by atoms with Crippen LogP contribution in [0.3, 0.4) is 0 Å². The summed E-state index contributed by atoms with van der Waals surface area (Å²) in [5, 5.41) is 2.75. The van der Waals surface area contributed by atoms with Crippen LogP contribution in [0.4, 0.5) is 0 Å². The van der Waals surface area contributed by atoms with Crippen LogP contribution in [0.25, 0.3) is 0 Å². The molecule has 1 amide bonds. The predicted molar refractivity (Wildman–Crippen MR) is 82.8 cm³/mol. The van der Waals surface area contributed by atoms with E-state index in [0.717, 1.165) is 4.47 Å². The van der Waals surface area contributed by atoms with E-state index in [4.69, 9.17) is 0 Å². The van der Waals surface area contributed by atoms with Gasteiger partial charge in [0.1, 0.15) is 0 Å². The third-order valence-electron chi connectivity index (χ3n) is 3.07. The smallest absolute Gasteiger partial charge is 0.244 e. The van der Waals surface area contributed by atoms with Crippen molar-refractivity contribution in [2.45, 2.75) is 24.3 Å². The average molecular weight is 426 g/mol. The molecule has 1 heterocycles. The standard InChI is InChI=1S/C12H14Br2N2O3S/c1-8(17)15-10-4-5-16(7-10)20(18,19)12-3-2-9(13)6-11(12)14/h2-3,6,10H,4-5,7H2,1H3,(H,15,17). The first kappa shape index (κ1) is 15.9. The fraction of sp³-hybridized carbons (Fsp3) is 0.417. The van der Waals surface area contributed by atoms with Crippen LogP contribution in [0.5, 0.6) is 0 Å². The molecule has 1 aromatic rings. The Kier molecular flexibility index (Phi) is 4.88. The quantitative estimate of drug-likeness (QED) is 0.806. The summed E-state index contributed by atoms with van der Waals surface area (Å²) in [7, 11) is -3.54. The van der Waals surface area contributed by atoms with E-state index in [1.165, 1.54) is 11.2 Å². The van der Waals surface area contributed by atoms with Gasteiger partial charge < -0.3 is 5.32 Å². The molecule has 0 aromatic heterocycles.